The van der Waals surface area contributed by atoms with E-state index in [0.29, 0.717) is 13.2 Å². The molecule has 1 fully saturated rings. The number of hydrogen-bond donors (Lipinski definition) is 1. The second-order valence-corrected chi connectivity index (χ2v) is 7.51. The van der Waals surface area contributed by atoms with Crippen molar-refractivity contribution >= 4 is 5.96 Å². The van der Waals surface area contributed by atoms with Gasteiger partial charge in [0.1, 0.15) is 6.10 Å². The van der Waals surface area contributed by atoms with E-state index >= 15 is 0 Å². The van der Waals surface area contributed by atoms with E-state index in [9.17, 15) is 0 Å². The van der Waals surface area contributed by atoms with Gasteiger partial charge in [-0.05, 0) is 44.4 Å². The van der Waals surface area contributed by atoms with E-state index in [4.69, 9.17) is 19.2 Å². The summed E-state index contributed by atoms with van der Waals surface area (Å²) in [5, 5.41) is 7.70. The number of nitrogens with one attached hydrogen (secondary N) is 1. The molecule has 1 aromatic heterocycles. The highest BCUT2D eigenvalue weighted by Crippen LogP contribution is 2.28. The molecule has 2 aromatic rings. The molecule has 8 nitrogen and oxygen atoms in total. The van der Waals surface area contributed by atoms with Crippen LogP contribution < -0.4 is 14.8 Å². The van der Waals surface area contributed by atoms with Crippen molar-refractivity contribution in [1.29, 1.82) is 0 Å². The number of aromatic nitrogens is 2. The van der Waals surface area contributed by atoms with Crippen LogP contribution in [0.1, 0.15) is 37.5 Å². The van der Waals surface area contributed by atoms with Crippen molar-refractivity contribution in [2.45, 2.75) is 32.8 Å². The van der Waals surface area contributed by atoms with Crippen LogP contribution in [-0.2, 0) is 18.2 Å². The van der Waals surface area contributed by atoms with Gasteiger partial charge in [0, 0.05) is 38.4 Å². The monoisotopic (exact) mass is 429 g/mol. The van der Waals surface area contributed by atoms with Gasteiger partial charge in [-0.25, -0.2) is 0 Å². The number of nitrogens with zero attached hydrogens (tertiary/aromatic N) is 4. The molecular formula is C23H35N5O3. The predicted octanol–water partition coefficient (Wildman–Crippen LogP) is 2.80. The van der Waals surface area contributed by atoms with Crippen molar-refractivity contribution in [3.8, 4) is 11.5 Å². The lowest BCUT2D eigenvalue weighted by molar-refractivity contribution is -0.00804. The zero-order valence-electron chi connectivity index (χ0n) is 19.1. The predicted molar refractivity (Wildman–Crippen MR) is 122 cm³/mol. The Kier molecular flexibility index (Phi) is 8.58. The smallest absolute Gasteiger partial charge is 0.194 e. The summed E-state index contributed by atoms with van der Waals surface area (Å²) in [6, 6.07) is 6.13. The molecule has 0 bridgehead atoms. The van der Waals surface area contributed by atoms with E-state index in [2.05, 4.69) is 34.4 Å². The summed E-state index contributed by atoms with van der Waals surface area (Å²) >= 11 is 0. The average molecular weight is 430 g/mol. The summed E-state index contributed by atoms with van der Waals surface area (Å²) in [5.74, 6) is 2.52. The molecule has 0 saturated carbocycles. The molecule has 0 spiro atoms. The van der Waals surface area contributed by atoms with Gasteiger partial charge in [0.05, 0.1) is 33.1 Å². The van der Waals surface area contributed by atoms with E-state index in [1.165, 1.54) is 5.56 Å². The maximum Gasteiger partial charge on any atom is 0.194 e. The molecule has 1 atom stereocenters. The summed E-state index contributed by atoms with van der Waals surface area (Å²) in [5.41, 5.74) is 2.33. The Morgan fingerprint density at radius 3 is 2.90 bits per heavy atom. The number of ether oxygens (including phenoxy) is 3. The number of methoxy groups -OCH3 is 1. The first-order valence-corrected chi connectivity index (χ1v) is 11.1. The molecule has 0 amide bonds. The molecule has 1 aromatic carbocycles. The van der Waals surface area contributed by atoms with Gasteiger partial charge >= 0.3 is 0 Å². The highest BCUT2D eigenvalue weighted by atomic mass is 16.5. The molecule has 1 N–H and O–H groups in total. The number of guanidine groups is 1. The fraction of sp³-hybridized carbons (Fsp3) is 0.565. The minimum Gasteiger partial charge on any atom is -0.493 e. The maximum atomic E-state index is 5.97. The number of aliphatic imine (C=N–C) groups is 1. The highest BCUT2D eigenvalue weighted by molar-refractivity contribution is 5.80. The molecule has 0 radical (unpaired) electrons. The highest BCUT2D eigenvalue weighted by Gasteiger charge is 2.25. The third-order valence-corrected chi connectivity index (χ3v) is 5.21. The van der Waals surface area contributed by atoms with Crippen molar-refractivity contribution in [2.75, 3.05) is 46.5 Å². The van der Waals surface area contributed by atoms with Gasteiger partial charge in [-0.3, -0.25) is 9.67 Å². The van der Waals surface area contributed by atoms with Gasteiger partial charge < -0.3 is 24.4 Å². The Balaban J connectivity index is 1.57. The summed E-state index contributed by atoms with van der Waals surface area (Å²) in [4.78, 5) is 7.16. The van der Waals surface area contributed by atoms with Crippen LogP contribution in [0.5, 0.6) is 11.5 Å². The number of benzene rings is 1. The second kappa shape index (κ2) is 11.6. The molecule has 3 rings (SSSR count). The molecule has 0 aliphatic carbocycles. The standard InChI is InChI=1S/C23H35N5O3/c1-5-24-23(28-12-13-31-22(17-28)19-15-26-27(3)16-19)25-11-7-8-18-9-10-20(29-4)21(14-18)30-6-2/h9-10,14-16,22H,5-8,11-13,17H2,1-4H3,(H,24,25). The first kappa shape index (κ1) is 22.9. The van der Waals surface area contributed by atoms with Gasteiger partial charge in [-0.15, -0.1) is 0 Å². The zero-order valence-corrected chi connectivity index (χ0v) is 19.1. The van der Waals surface area contributed by atoms with Crippen LogP contribution in [0.4, 0.5) is 0 Å². The van der Waals surface area contributed by atoms with E-state index in [0.717, 1.165) is 62.0 Å². The van der Waals surface area contributed by atoms with Gasteiger partial charge in [-0.2, -0.15) is 5.10 Å². The summed E-state index contributed by atoms with van der Waals surface area (Å²) < 4.78 is 18.8. The third kappa shape index (κ3) is 6.37. The largest absolute Gasteiger partial charge is 0.493 e. The van der Waals surface area contributed by atoms with Crippen LogP contribution in [0.25, 0.3) is 0 Å². The Morgan fingerprint density at radius 2 is 2.19 bits per heavy atom. The molecule has 31 heavy (non-hydrogen) atoms. The first-order chi connectivity index (χ1) is 15.1. The Bertz CT molecular complexity index is 851. The van der Waals surface area contributed by atoms with Crippen LogP contribution in [0.3, 0.4) is 0 Å². The normalized spacial score (nSPS) is 17.0. The van der Waals surface area contributed by atoms with Crippen molar-refractivity contribution in [1.82, 2.24) is 20.0 Å². The van der Waals surface area contributed by atoms with Crippen molar-refractivity contribution in [3.05, 3.63) is 41.7 Å². The lowest BCUT2D eigenvalue weighted by Gasteiger charge is -2.34. The van der Waals surface area contributed by atoms with Crippen molar-refractivity contribution in [3.63, 3.8) is 0 Å². The zero-order chi connectivity index (χ0) is 22.1. The van der Waals surface area contributed by atoms with Gasteiger partial charge in [0.25, 0.3) is 0 Å². The number of aryl methyl sites for hydroxylation is 2. The molecule has 2 heterocycles. The fourth-order valence-corrected chi connectivity index (χ4v) is 3.69. The first-order valence-electron chi connectivity index (χ1n) is 11.1. The maximum absolute atomic E-state index is 5.97. The van der Waals surface area contributed by atoms with E-state index in [1.807, 2.05) is 37.1 Å². The van der Waals surface area contributed by atoms with E-state index in [-0.39, 0.29) is 6.10 Å². The molecule has 1 saturated heterocycles. The van der Waals surface area contributed by atoms with Crippen molar-refractivity contribution < 1.29 is 14.2 Å². The Hall–Kier alpha value is -2.74. The SMILES string of the molecule is CCNC(=NCCCc1ccc(OC)c(OCC)c1)N1CCOC(c2cnn(C)c2)C1. The minimum absolute atomic E-state index is 0.0163. The summed E-state index contributed by atoms with van der Waals surface area (Å²) in [6.45, 7) is 8.57. The quantitative estimate of drug-likeness (QED) is 0.375. The fourth-order valence-electron chi connectivity index (χ4n) is 3.69. The minimum atomic E-state index is 0.0163. The lowest BCUT2D eigenvalue weighted by Crippen LogP contribution is -2.48. The van der Waals surface area contributed by atoms with Gasteiger partial charge in [0.2, 0.25) is 0 Å². The number of morpholine rings is 1. The number of rotatable bonds is 9. The molecule has 1 aliphatic rings. The van der Waals surface area contributed by atoms with Crippen LogP contribution in [0.2, 0.25) is 0 Å². The molecule has 8 heteroatoms. The van der Waals surface area contributed by atoms with Crippen LogP contribution in [-0.4, -0.2) is 67.1 Å². The van der Waals surface area contributed by atoms with E-state index in [1.54, 1.807) is 7.11 Å². The molecule has 170 valence electrons. The van der Waals surface area contributed by atoms with Crippen molar-refractivity contribution in [2.24, 2.45) is 12.0 Å². The summed E-state index contributed by atoms with van der Waals surface area (Å²) in [7, 11) is 3.59. The van der Waals surface area contributed by atoms with Gasteiger partial charge in [0.15, 0.2) is 17.5 Å². The topological polar surface area (TPSA) is 73.1 Å². The van der Waals surface area contributed by atoms with Crippen LogP contribution in [0.15, 0.2) is 35.6 Å². The molecule has 1 aliphatic heterocycles. The molecular weight excluding hydrogens is 394 g/mol. The average Bonchev–Trinajstić information content (AvgIpc) is 3.23. The second-order valence-electron chi connectivity index (χ2n) is 7.51. The molecule has 1 unspecified atom stereocenters. The summed E-state index contributed by atoms with van der Waals surface area (Å²) in [6.07, 6.45) is 5.81. The Morgan fingerprint density at radius 1 is 1.32 bits per heavy atom. The van der Waals surface area contributed by atoms with Gasteiger partial charge in [-0.1, -0.05) is 6.07 Å². The lowest BCUT2D eigenvalue weighted by atomic mass is 10.1. The van der Waals surface area contributed by atoms with Crippen LogP contribution >= 0.6 is 0 Å². The third-order valence-electron chi connectivity index (χ3n) is 5.21. The van der Waals surface area contributed by atoms with Crippen LogP contribution in [0, 0.1) is 0 Å². The van der Waals surface area contributed by atoms with E-state index < -0.39 is 0 Å². The Labute approximate surface area is 185 Å². The number of hydrogen-bond acceptors (Lipinski definition) is 5.